The van der Waals surface area contributed by atoms with Gasteiger partial charge in [-0.1, -0.05) is 57.2 Å². The van der Waals surface area contributed by atoms with Gasteiger partial charge in [-0.15, -0.1) is 11.3 Å². The van der Waals surface area contributed by atoms with Crippen LogP contribution in [0.1, 0.15) is 36.7 Å². The second-order valence-electron chi connectivity index (χ2n) is 7.92. The van der Waals surface area contributed by atoms with Gasteiger partial charge in [0.15, 0.2) is 11.7 Å². The van der Waals surface area contributed by atoms with Crippen LogP contribution in [0.2, 0.25) is 0 Å². The van der Waals surface area contributed by atoms with Crippen LogP contribution in [0.4, 0.5) is 9.52 Å². The molecule has 2 aromatic carbocycles. The summed E-state index contributed by atoms with van der Waals surface area (Å²) in [5.41, 5.74) is 2.71. The Hall–Kier alpha value is -3.59. The quantitative estimate of drug-likeness (QED) is 0.439. The van der Waals surface area contributed by atoms with Gasteiger partial charge in [-0.2, -0.15) is 0 Å². The third-order valence-corrected chi connectivity index (χ3v) is 5.84. The number of benzene rings is 2. The minimum atomic E-state index is -1.04. The number of nitrogens with zero attached hydrogens (tertiary/aromatic N) is 1. The molecule has 1 heterocycles. The molecular formula is C25H26FN3O4S. The molecule has 9 heteroatoms. The molecule has 34 heavy (non-hydrogen) atoms. The number of amides is 2. The summed E-state index contributed by atoms with van der Waals surface area (Å²) in [4.78, 5) is 41.6. The predicted molar refractivity (Wildman–Crippen MR) is 129 cm³/mol. The Labute approximate surface area is 201 Å². The highest BCUT2D eigenvalue weighted by Gasteiger charge is 2.27. The number of carbonyl (C=O) groups excluding carboxylic acids is 3. The lowest BCUT2D eigenvalue weighted by atomic mass is 10.0. The second-order valence-corrected chi connectivity index (χ2v) is 8.78. The number of ether oxygens (including phenoxy) is 1. The zero-order chi connectivity index (χ0) is 24.7. The van der Waals surface area contributed by atoms with E-state index in [1.165, 1.54) is 35.1 Å². The number of thiazole rings is 1. The first-order chi connectivity index (χ1) is 16.3. The van der Waals surface area contributed by atoms with Gasteiger partial charge in [-0.3, -0.25) is 14.9 Å². The lowest BCUT2D eigenvalue weighted by molar-refractivity contribution is -0.150. The number of carbonyl (C=O) groups is 3. The van der Waals surface area contributed by atoms with Gasteiger partial charge in [0.1, 0.15) is 11.9 Å². The van der Waals surface area contributed by atoms with Crippen LogP contribution in [0, 0.1) is 11.7 Å². The van der Waals surface area contributed by atoms with Crippen LogP contribution in [0.25, 0.3) is 11.3 Å². The molecule has 0 aliphatic rings. The molecule has 0 aliphatic carbocycles. The van der Waals surface area contributed by atoms with E-state index in [9.17, 15) is 18.8 Å². The molecule has 0 saturated heterocycles. The third-order valence-electron chi connectivity index (χ3n) is 5.08. The molecule has 178 valence electrons. The molecule has 0 aliphatic heterocycles. The number of anilines is 1. The van der Waals surface area contributed by atoms with Crippen molar-refractivity contribution in [3.8, 4) is 11.3 Å². The predicted octanol–water partition coefficient (Wildman–Crippen LogP) is 4.45. The van der Waals surface area contributed by atoms with Crippen molar-refractivity contribution in [3.63, 3.8) is 0 Å². The maximum atomic E-state index is 13.9. The van der Waals surface area contributed by atoms with Crippen molar-refractivity contribution >= 4 is 34.3 Å². The van der Waals surface area contributed by atoms with Crippen LogP contribution in [0.3, 0.4) is 0 Å². The van der Waals surface area contributed by atoms with Gasteiger partial charge in [0, 0.05) is 10.9 Å². The van der Waals surface area contributed by atoms with Crippen molar-refractivity contribution in [2.24, 2.45) is 5.92 Å². The third kappa shape index (κ3) is 6.48. The molecule has 2 N–H and O–H groups in total. The summed E-state index contributed by atoms with van der Waals surface area (Å²) in [7, 11) is 0. The van der Waals surface area contributed by atoms with E-state index in [2.05, 4.69) is 22.5 Å². The molecule has 1 aromatic heterocycles. The van der Waals surface area contributed by atoms with Crippen molar-refractivity contribution in [1.29, 1.82) is 0 Å². The number of hydrogen-bond acceptors (Lipinski definition) is 6. The Bertz CT molecular complexity index is 1160. The van der Waals surface area contributed by atoms with Gasteiger partial charge in [0.25, 0.3) is 11.8 Å². The highest BCUT2D eigenvalue weighted by Crippen LogP contribution is 2.25. The van der Waals surface area contributed by atoms with Gasteiger partial charge in [0.05, 0.1) is 11.3 Å². The lowest BCUT2D eigenvalue weighted by Crippen LogP contribution is -2.46. The molecular weight excluding hydrogens is 457 g/mol. The monoisotopic (exact) mass is 483 g/mol. The number of nitrogens with one attached hydrogen (secondary N) is 2. The lowest BCUT2D eigenvalue weighted by Gasteiger charge is -2.20. The van der Waals surface area contributed by atoms with Crippen LogP contribution >= 0.6 is 11.3 Å². The van der Waals surface area contributed by atoms with E-state index in [1.54, 1.807) is 13.8 Å². The van der Waals surface area contributed by atoms with Gasteiger partial charge in [0.2, 0.25) is 0 Å². The second kappa shape index (κ2) is 11.5. The smallest absolute Gasteiger partial charge is 0.329 e. The normalized spacial score (nSPS) is 11.7. The number of halogens is 1. The summed E-state index contributed by atoms with van der Waals surface area (Å²) in [6.45, 7) is 4.95. The maximum absolute atomic E-state index is 13.9. The van der Waals surface area contributed by atoms with Crippen molar-refractivity contribution in [1.82, 2.24) is 10.3 Å². The number of aromatic nitrogens is 1. The van der Waals surface area contributed by atoms with Crippen molar-refractivity contribution in [3.05, 3.63) is 70.9 Å². The molecule has 0 bridgehead atoms. The number of rotatable bonds is 9. The molecule has 0 fully saturated rings. The van der Waals surface area contributed by atoms with Gasteiger partial charge >= 0.3 is 5.97 Å². The highest BCUT2D eigenvalue weighted by atomic mass is 32.1. The van der Waals surface area contributed by atoms with E-state index in [4.69, 9.17) is 4.74 Å². The Kier molecular flexibility index (Phi) is 8.48. The summed E-state index contributed by atoms with van der Waals surface area (Å²) in [6.07, 6.45) is 0.946. The average Bonchev–Trinajstić information content (AvgIpc) is 3.29. The highest BCUT2D eigenvalue weighted by molar-refractivity contribution is 7.14. The fourth-order valence-electron chi connectivity index (χ4n) is 3.12. The van der Waals surface area contributed by atoms with Gasteiger partial charge < -0.3 is 10.1 Å². The summed E-state index contributed by atoms with van der Waals surface area (Å²) in [6, 6.07) is 12.4. The average molecular weight is 484 g/mol. The molecule has 1 atom stereocenters. The molecule has 0 radical (unpaired) electrons. The first-order valence-electron chi connectivity index (χ1n) is 10.8. The molecule has 0 unspecified atom stereocenters. The van der Waals surface area contributed by atoms with E-state index < -0.39 is 36.2 Å². The summed E-state index contributed by atoms with van der Waals surface area (Å²) >= 11 is 1.26. The van der Waals surface area contributed by atoms with E-state index in [-0.39, 0.29) is 11.5 Å². The van der Waals surface area contributed by atoms with Crippen LogP contribution in [-0.4, -0.2) is 35.4 Å². The summed E-state index contributed by atoms with van der Waals surface area (Å²) < 4.78 is 19.0. The van der Waals surface area contributed by atoms with E-state index >= 15 is 0 Å². The van der Waals surface area contributed by atoms with Crippen molar-refractivity contribution in [2.75, 3.05) is 11.9 Å². The standard InChI is InChI=1S/C25H26FN3O4S/c1-4-16-9-11-17(12-10-16)20-14-34-25(27-20)28-21(30)13-33-24(32)22(15(2)3)29-23(31)18-7-5-6-8-19(18)26/h5-12,14-15,22H,4,13H2,1-3H3,(H,29,31)(H,27,28,30)/t22-/m0/s1. The van der Waals surface area contributed by atoms with Crippen LogP contribution in [0.5, 0.6) is 0 Å². The van der Waals surface area contributed by atoms with Crippen molar-refractivity contribution < 1.29 is 23.5 Å². The topological polar surface area (TPSA) is 97.4 Å². The van der Waals surface area contributed by atoms with Crippen LogP contribution < -0.4 is 10.6 Å². The summed E-state index contributed by atoms with van der Waals surface area (Å²) in [5, 5.41) is 7.30. The molecule has 3 rings (SSSR count). The van der Waals surface area contributed by atoms with E-state index in [0.29, 0.717) is 5.13 Å². The Morgan fingerprint density at radius 3 is 2.44 bits per heavy atom. The molecule has 0 saturated carbocycles. The molecule has 2 amide bonds. The number of hydrogen-bond donors (Lipinski definition) is 2. The largest absolute Gasteiger partial charge is 0.454 e. The Morgan fingerprint density at radius 1 is 1.09 bits per heavy atom. The van der Waals surface area contributed by atoms with E-state index in [1.807, 2.05) is 29.6 Å². The Morgan fingerprint density at radius 2 is 1.79 bits per heavy atom. The van der Waals surface area contributed by atoms with Crippen LogP contribution in [0.15, 0.2) is 53.9 Å². The first-order valence-corrected chi connectivity index (χ1v) is 11.7. The SMILES string of the molecule is CCc1ccc(-c2csc(NC(=O)COC(=O)[C@@H](NC(=O)c3ccccc3F)C(C)C)n2)cc1. The zero-order valence-electron chi connectivity index (χ0n) is 19.1. The molecule has 7 nitrogen and oxygen atoms in total. The molecule has 3 aromatic rings. The van der Waals surface area contributed by atoms with Gasteiger partial charge in [-0.05, 0) is 30.0 Å². The van der Waals surface area contributed by atoms with Gasteiger partial charge in [-0.25, -0.2) is 14.2 Å². The number of esters is 1. The minimum absolute atomic E-state index is 0.178. The number of aryl methyl sites for hydroxylation is 1. The fraction of sp³-hybridized carbons (Fsp3) is 0.280. The summed E-state index contributed by atoms with van der Waals surface area (Å²) in [5.74, 6) is -3.11. The Balaban J connectivity index is 1.54. The minimum Gasteiger partial charge on any atom is -0.454 e. The fourth-order valence-corrected chi connectivity index (χ4v) is 3.85. The zero-order valence-corrected chi connectivity index (χ0v) is 19.9. The van der Waals surface area contributed by atoms with E-state index in [0.717, 1.165) is 23.7 Å². The van der Waals surface area contributed by atoms with Crippen LogP contribution in [-0.2, 0) is 20.7 Å². The first kappa shape index (κ1) is 25.0. The van der Waals surface area contributed by atoms with Crippen molar-refractivity contribution in [2.45, 2.75) is 33.2 Å². The molecule has 0 spiro atoms. The maximum Gasteiger partial charge on any atom is 0.329 e.